The van der Waals surface area contributed by atoms with Crippen molar-refractivity contribution in [2.24, 2.45) is 0 Å². The Morgan fingerprint density at radius 3 is 2.56 bits per heavy atom. The number of carbonyl (C=O) groups excluding carboxylic acids is 1. The van der Waals surface area contributed by atoms with Crippen LogP contribution in [0, 0.1) is 12.7 Å². The molecule has 0 aromatic heterocycles. The highest BCUT2D eigenvalue weighted by Gasteiger charge is 2.29. The maximum absolute atomic E-state index is 13.1. The molecule has 18 heavy (non-hydrogen) atoms. The van der Waals surface area contributed by atoms with Crippen LogP contribution in [0.5, 0.6) is 0 Å². The molecule has 0 radical (unpaired) electrons. The lowest BCUT2D eigenvalue weighted by Crippen LogP contribution is -2.45. The molecule has 2 rings (SSSR count). The second-order valence-corrected chi connectivity index (χ2v) is 5.25. The Bertz CT molecular complexity index is 461. The van der Waals surface area contributed by atoms with Crippen molar-refractivity contribution < 1.29 is 14.3 Å². The van der Waals surface area contributed by atoms with Gasteiger partial charge in [0.2, 0.25) is 0 Å². The second kappa shape index (κ2) is 4.69. The predicted molar refractivity (Wildman–Crippen MR) is 66.9 cm³/mol. The van der Waals surface area contributed by atoms with E-state index in [0.29, 0.717) is 37.1 Å². The van der Waals surface area contributed by atoms with Crippen molar-refractivity contribution >= 4 is 5.91 Å². The van der Waals surface area contributed by atoms with Crippen molar-refractivity contribution in [3.63, 3.8) is 0 Å². The molecule has 1 heterocycles. The average molecular weight is 251 g/mol. The number of benzene rings is 1. The maximum atomic E-state index is 13.1. The molecule has 0 aliphatic carbocycles. The quantitative estimate of drug-likeness (QED) is 0.830. The number of rotatable bonds is 1. The highest BCUT2D eigenvalue weighted by molar-refractivity contribution is 5.94. The number of aryl methyl sites for hydroxylation is 1. The SMILES string of the molecule is Cc1cc(C(=O)N2CCC(C)(O)CC2)ccc1F. The molecule has 0 saturated carbocycles. The van der Waals surface area contributed by atoms with Crippen LogP contribution in [-0.4, -0.2) is 34.6 Å². The summed E-state index contributed by atoms with van der Waals surface area (Å²) in [6, 6.07) is 4.41. The van der Waals surface area contributed by atoms with Crippen LogP contribution in [0.25, 0.3) is 0 Å². The molecule has 0 atom stereocenters. The number of likely N-dealkylation sites (tertiary alicyclic amines) is 1. The fraction of sp³-hybridized carbons (Fsp3) is 0.500. The van der Waals surface area contributed by atoms with Crippen molar-refractivity contribution in [1.29, 1.82) is 0 Å². The highest BCUT2D eigenvalue weighted by atomic mass is 19.1. The molecule has 0 unspecified atom stereocenters. The molecule has 4 heteroatoms. The standard InChI is InChI=1S/C14H18FNO2/c1-10-9-11(3-4-12(10)15)13(17)16-7-5-14(2,18)6-8-16/h3-4,9,18H,5-8H2,1-2H3. The first-order chi connectivity index (χ1) is 8.39. The number of amides is 1. The van der Waals surface area contributed by atoms with E-state index in [2.05, 4.69) is 0 Å². The zero-order valence-electron chi connectivity index (χ0n) is 10.7. The molecule has 1 aromatic carbocycles. The summed E-state index contributed by atoms with van der Waals surface area (Å²) < 4.78 is 13.1. The van der Waals surface area contributed by atoms with Crippen LogP contribution in [0.4, 0.5) is 4.39 Å². The smallest absolute Gasteiger partial charge is 0.253 e. The van der Waals surface area contributed by atoms with E-state index in [1.165, 1.54) is 12.1 Å². The Labute approximate surface area is 106 Å². The lowest BCUT2D eigenvalue weighted by molar-refractivity contribution is -0.00202. The Hall–Kier alpha value is -1.42. The van der Waals surface area contributed by atoms with E-state index in [4.69, 9.17) is 0 Å². The number of hydrogen-bond donors (Lipinski definition) is 1. The number of aliphatic hydroxyl groups is 1. The molecule has 0 spiro atoms. The topological polar surface area (TPSA) is 40.5 Å². The summed E-state index contributed by atoms with van der Waals surface area (Å²) in [5.41, 5.74) is 0.315. The van der Waals surface area contributed by atoms with Crippen molar-refractivity contribution in [3.8, 4) is 0 Å². The van der Waals surface area contributed by atoms with Crippen molar-refractivity contribution in [3.05, 3.63) is 35.1 Å². The van der Waals surface area contributed by atoms with Gasteiger partial charge in [-0.1, -0.05) is 0 Å². The average Bonchev–Trinajstić information content (AvgIpc) is 2.32. The number of piperidine rings is 1. The monoisotopic (exact) mass is 251 g/mol. The van der Waals surface area contributed by atoms with E-state index in [1.54, 1.807) is 24.8 Å². The number of carbonyl (C=O) groups is 1. The zero-order chi connectivity index (χ0) is 13.3. The number of hydrogen-bond acceptors (Lipinski definition) is 2. The molecular weight excluding hydrogens is 233 g/mol. The molecule has 1 aliphatic rings. The molecule has 1 amide bonds. The zero-order valence-corrected chi connectivity index (χ0v) is 10.7. The van der Waals surface area contributed by atoms with Crippen LogP contribution in [0.15, 0.2) is 18.2 Å². The molecule has 1 aliphatic heterocycles. The fourth-order valence-electron chi connectivity index (χ4n) is 2.15. The van der Waals surface area contributed by atoms with Gasteiger partial charge in [0.05, 0.1) is 5.60 Å². The van der Waals surface area contributed by atoms with Crippen LogP contribution in [0.2, 0.25) is 0 Å². The third-order valence-electron chi connectivity index (χ3n) is 3.53. The van der Waals surface area contributed by atoms with Gasteiger partial charge in [0.1, 0.15) is 5.82 Å². The second-order valence-electron chi connectivity index (χ2n) is 5.25. The third kappa shape index (κ3) is 2.70. The normalized spacial score (nSPS) is 18.8. The summed E-state index contributed by atoms with van der Waals surface area (Å²) >= 11 is 0. The molecule has 1 aromatic rings. The lowest BCUT2D eigenvalue weighted by atomic mass is 9.93. The Morgan fingerprint density at radius 2 is 2.00 bits per heavy atom. The summed E-state index contributed by atoms with van der Waals surface area (Å²) in [4.78, 5) is 13.9. The Balaban J connectivity index is 2.10. The highest BCUT2D eigenvalue weighted by Crippen LogP contribution is 2.22. The van der Waals surface area contributed by atoms with Crippen LogP contribution in [0.1, 0.15) is 35.7 Å². The van der Waals surface area contributed by atoms with Gasteiger partial charge in [-0.25, -0.2) is 4.39 Å². The minimum Gasteiger partial charge on any atom is -0.390 e. The van der Waals surface area contributed by atoms with Crippen LogP contribution in [0.3, 0.4) is 0 Å². The van der Waals surface area contributed by atoms with E-state index < -0.39 is 5.60 Å². The fourth-order valence-corrected chi connectivity index (χ4v) is 2.15. The molecule has 1 saturated heterocycles. The van der Waals surface area contributed by atoms with Gasteiger partial charge in [0.15, 0.2) is 0 Å². The lowest BCUT2D eigenvalue weighted by Gasteiger charge is -2.35. The first-order valence-electron chi connectivity index (χ1n) is 6.17. The maximum Gasteiger partial charge on any atom is 0.253 e. The van der Waals surface area contributed by atoms with E-state index in [0.717, 1.165) is 0 Å². The minimum atomic E-state index is -0.671. The van der Waals surface area contributed by atoms with Gasteiger partial charge in [-0.3, -0.25) is 4.79 Å². The predicted octanol–water partition coefficient (Wildman–Crippen LogP) is 2.12. The minimum absolute atomic E-state index is 0.0893. The largest absolute Gasteiger partial charge is 0.390 e. The van der Waals surface area contributed by atoms with Gasteiger partial charge in [-0.15, -0.1) is 0 Å². The van der Waals surface area contributed by atoms with E-state index in [1.807, 2.05) is 0 Å². The van der Waals surface area contributed by atoms with Crippen LogP contribution in [-0.2, 0) is 0 Å². The van der Waals surface area contributed by atoms with Crippen LogP contribution >= 0.6 is 0 Å². The molecule has 1 fully saturated rings. The number of nitrogens with zero attached hydrogens (tertiary/aromatic N) is 1. The first kappa shape index (κ1) is 13.0. The van der Waals surface area contributed by atoms with Crippen molar-refractivity contribution in [1.82, 2.24) is 4.90 Å². The molecule has 1 N–H and O–H groups in total. The van der Waals surface area contributed by atoms with E-state index >= 15 is 0 Å². The van der Waals surface area contributed by atoms with Crippen molar-refractivity contribution in [2.45, 2.75) is 32.3 Å². The van der Waals surface area contributed by atoms with Gasteiger partial charge in [0.25, 0.3) is 5.91 Å². The third-order valence-corrected chi connectivity index (χ3v) is 3.53. The molecule has 98 valence electrons. The molecular formula is C14H18FNO2. The van der Waals surface area contributed by atoms with Gasteiger partial charge >= 0.3 is 0 Å². The first-order valence-corrected chi connectivity index (χ1v) is 6.17. The summed E-state index contributed by atoms with van der Waals surface area (Å²) in [7, 11) is 0. The summed E-state index contributed by atoms with van der Waals surface area (Å²) in [5, 5.41) is 9.84. The van der Waals surface area contributed by atoms with Gasteiger partial charge in [-0.05, 0) is 50.5 Å². The van der Waals surface area contributed by atoms with E-state index in [-0.39, 0.29) is 11.7 Å². The summed E-state index contributed by atoms with van der Waals surface area (Å²) in [6.07, 6.45) is 1.16. The summed E-state index contributed by atoms with van der Waals surface area (Å²) in [6.45, 7) is 4.52. The van der Waals surface area contributed by atoms with E-state index in [9.17, 15) is 14.3 Å². The van der Waals surface area contributed by atoms with Gasteiger partial charge < -0.3 is 10.0 Å². The molecule has 0 bridgehead atoms. The van der Waals surface area contributed by atoms with Gasteiger partial charge in [-0.2, -0.15) is 0 Å². The summed E-state index contributed by atoms with van der Waals surface area (Å²) in [5.74, 6) is -0.387. The van der Waals surface area contributed by atoms with Gasteiger partial charge in [0, 0.05) is 18.7 Å². The Kier molecular flexibility index (Phi) is 3.39. The molecule has 3 nitrogen and oxygen atoms in total. The number of halogens is 1. The Morgan fingerprint density at radius 1 is 1.39 bits per heavy atom. The van der Waals surface area contributed by atoms with Crippen LogP contribution < -0.4 is 0 Å². The van der Waals surface area contributed by atoms with Crippen molar-refractivity contribution in [2.75, 3.05) is 13.1 Å².